The monoisotopic (exact) mass is 224 g/mol. The molecule has 5 heteroatoms. The third-order valence-electron chi connectivity index (χ3n) is 1.94. The Morgan fingerprint density at radius 3 is 2.62 bits per heavy atom. The zero-order chi connectivity index (χ0) is 12.1. The first kappa shape index (κ1) is 12.2. The minimum absolute atomic E-state index is 0.00245. The molecule has 0 heterocycles. The van der Waals surface area contributed by atoms with Crippen molar-refractivity contribution in [1.82, 2.24) is 0 Å². The molecule has 0 atom stereocenters. The van der Waals surface area contributed by atoms with E-state index in [1.54, 1.807) is 25.3 Å². The van der Waals surface area contributed by atoms with Crippen molar-refractivity contribution in [3.63, 3.8) is 0 Å². The Bertz CT molecular complexity index is 389. The zero-order valence-electron chi connectivity index (χ0n) is 9.60. The number of nitrogens with zero attached hydrogens (tertiary/aromatic N) is 1. The maximum absolute atomic E-state index is 8.65. The van der Waals surface area contributed by atoms with E-state index in [4.69, 9.17) is 20.4 Å². The summed E-state index contributed by atoms with van der Waals surface area (Å²) in [5, 5.41) is 11.6. The highest BCUT2D eigenvalue weighted by Gasteiger charge is 2.11. The van der Waals surface area contributed by atoms with Crippen LogP contribution in [-0.4, -0.2) is 24.3 Å². The third kappa shape index (κ3) is 2.79. The molecule has 0 saturated carbocycles. The molecule has 0 aliphatic rings. The van der Waals surface area contributed by atoms with Gasteiger partial charge in [-0.05, 0) is 26.0 Å². The van der Waals surface area contributed by atoms with Crippen molar-refractivity contribution in [3.05, 3.63) is 23.8 Å². The molecule has 1 aromatic rings. The van der Waals surface area contributed by atoms with E-state index in [0.717, 1.165) is 0 Å². The lowest BCUT2D eigenvalue weighted by Crippen LogP contribution is -2.16. The molecule has 3 N–H and O–H groups in total. The summed E-state index contributed by atoms with van der Waals surface area (Å²) in [4.78, 5) is 0. The number of amidine groups is 1. The van der Waals surface area contributed by atoms with E-state index in [1.165, 1.54) is 0 Å². The van der Waals surface area contributed by atoms with Gasteiger partial charge in [0, 0.05) is 6.07 Å². The smallest absolute Gasteiger partial charge is 0.173 e. The molecule has 1 rings (SSSR count). The van der Waals surface area contributed by atoms with Crippen LogP contribution in [0.1, 0.15) is 19.4 Å². The van der Waals surface area contributed by atoms with Gasteiger partial charge in [0.15, 0.2) is 5.84 Å². The summed E-state index contributed by atoms with van der Waals surface area (Å²) >= 11 is 0. The Morgan fingerprint density at radius 1 is 1.44 bits per heavy atom. The van der Waals surface area contributed by atoms with Crippen LogP contribution in [-0.2, 0) is 0 Å². The highest BCUT2D eigenvalue weighted by molar-refractivity contribution is 5.99. The summed E-state index contributed by atoms with van der Waals surface area (Å²) in [6, 6.07) is 5.11. The number of hydrogen-bond donors (Lipinski definition) is 2. The fourth-order valence-electron chi connectivity index (χ4n) is 1.25. The van der Waals surface area contributed by atoms with Gasteiger partial charge in [-0.3, -0.25) is 0 Å². The van der Waals surface area contributed by atoms with Gasteiger partial charge in [0.05, 0.1) is 18.8 Å². The van der Waals surface area contributed by atoms with Crippen LogP contribution in [0.2, 0.25) is 0 Å². The predicted octanol–water partition coefficient (Wildman–Crippen LogP) is 1.58. The average Bonchev–Trinajstić information content (AvgIpc) is 2.27. The van der Waals surface area contributed by atoms with Crippen LogP contribution in [0, 0.1) is 0 Å². The zero-order valence-corrected chi connectivity index (χ0v) is 9.60. The summed E-state index contributed by atoms with van der Waals surface area (Å²) in [6.07, 6.45) is -0.00245. The van der Waals surface area contributed by atoms with Crippen molar-refractivity contribution < 1.29 is 14.7 Å². The summed E-state index contributed by atoms with van der Waals surface area (Å²) in [5.74, 6) is 1.20. The number of nitrogens with two attached hydrogens (primary N) is 1. The molecule has 0 bridgehead atoms. The topological polar surface area (TPSA) is 77.1 Å². The second-order valence-corrected chi connectivity index (χ2v) is 3.51. The summed E-state index contributed by atoms with van der Waals surface area (Å²) in [6.45, 7) is 3.80. The molecule has 1 aromatic carbocycles. The van der Waals surface area contributed by atoms with Crippen molar-refractivity contribution in [1.29, 1.82) is 0 Å². The van der Waals surface area contributed by atoms with Crippen LogP contribution >= 0.6 is 0 Å². The van der Waals surface area contributed by atoms with Gasteiger partial charge >= 0.3 is 0 Å². The largest absolute Gasteiger partial charge is 0.497 e. The maximum atomic E-state index is 8.65. The van der Waals surface area contributed by atoms with Crippen LogP contribution in [0.4, 0.5) is 0 Å². The Balaban J connectivity index is 3.16. The predicted molar refractivity (Wildman–Crippen MR) is 61.3 cm³/mol. The number of ether oxygens (including phenoxy) is 2. The summed E-state index contributed by atoms with van der Waals surface area (Å²) < 4.78 is 10.6. The van der Waals surface area contributed by atoms with E-state index >= 15 is 0 Å². The van der Waals surface area contributed by atoms with Crippen LogP contribution in [0.5, 0.6) is 11.5 Å². The Kier molecular flexibility index (Phi) is 3.99. The van der Waals surface area contributed by atoms with Crippen molar-refractivity contribution >= 4 is 5.84 Å². The molecule has 0 aliphatic carbocycles. The van der Waals surface area contributed by atoms with Crippen molar-refractivity contribution in [2.24, 2.45) is 10.9 Å². The number of oxime groups is 1. The minimum atomic E-state index is -0.00245. The van der Waals surface area contributed by atoms with Crippen LogP contribution in [0.25, 0.3) is 0 Å². The summed E-state index contributed by atoms with van der Waals surface area (Å²) in [7, 11) is 1.57. The molecule has 0 aromatic heterocycles. The van der Waals surface area contributed by atoms with Crippen molar-refractivity contribution in [2.45, 2.75) is 20.0 Å². The lowest BCUT2D eigenvalue weighted by Gasteiger charge is -2.14. The van der Waals surface area contributed by atoms with Crippen molar-refractivity contribution in [3.8, 4) is 11.5 Å². The molecule has 88 valence electrons. The number of methoxy groups -OCH3 is 1. The Labute approximate surface area is 94.5 Å². The van der Waals surface area contributed by atoms with Crippen LogP contribution < -0.4 is 15.2 Å². The highest BCUT2D eigenvalue weighted by atomic mass is 16.5. The molecule has 0 saturated heterocycles. The molecule has 16 heavy (non-hydrogen) atoms. The molecule has 0 radical (unpaired) electrons. The Hall–Kier alpha value is -1.91. The van der Waals surface area contributed by atoms with Gasteiger partial charge in [-0.1, -0.05) is 5.16 Å². The molecular weight excluding hydrogens is 208 g/mol. The normalized spacial score (nSPS) is 11.6. The maximum Gasteiger partial charge on any atom is 0.173 e. The molecule has 0 fully saturated rings. The fraction of sp³-hybridized carbons (Fsp3) is 0.364. The second kappa shape index (κ2) is 5.25. The van der Waals surface area contributed by atoms with Gasteiger partial charge < -0.3 is 20.4 Å². The number of benzene rings is 1. The van der Waals surface area contributed by atoms with E-state index in [9.17, 15) is 0 Å². The standard InChI is InChI=1S/C11H16N2O3/c1-7(2)16-10-6-8(15-3)4-5-9(10)11(12)13-14/h4-7,14H,1-3H3,(H2,12,13). The first-order valence-electron chi connectivity index (χ1n) is 4.91. The first-order chi connectivity index (χ1) is 7.58. The van der Waals surface area contributed by atoms with E-state index < -0.39 is 0 Å². The van der Waals surface area contributed by atoms with E-state index in [2.05, 4.69) is 5.16 Å². The van der Waals surface area contributed by atoms with Crippen LogP contribution in [0.15, 0.2) is 23.4 Å². The SMILES string of the molecule is COc1ccc(/C(N)=N/O)c(OC(C)C)c1. The molecular formula is C11H16N2O3. The molecule has 0 spiro atoms. The van der Waals surface area contributed by atoms with E-state index in [1.807, 2.05) is 13.8 Å². The van der Waals surface area contributed by atoms with E-state index in [0.29, 0.717) is 17.1 Å². The van der Waals surface area contributed by atoms with Gasteiger partial charge in [0.2, 0.25) is 0 Å². The fourth-order valence-corrected chi connectivity index (χ4v) is 1.25. The van der Waals surface area contributed by atoms with Gasteiger partial charge in [0.1, 0.15) is 11.5 Å². The second-order valence-electron chi connectivity index (χ2n) is 3.51. The van der Waals surface area contributed by atoms with Gasteiger partial charge in [-0.25, -0.2) is 0 Å². The quantitative estimate of drug-likeness (QED) is 0.352. The molecule has 0 unspecified atom stereocenters. The van der Waals surface area contributed by atoms with Gasteiger partial charge in [-0.15, -0.1) is 0 Å². The number of hydrogen-bond acceptors (Lipinski definition) is 4. The first-order valence-corrected chi connectivity index (χ1v) is 4.91. The molecule has 0 amide bonds. The number of rotatable bonds is 4. The molecule has 0 aliphatic heterocycles. The van der Waals surface area contributed by atoms with Gasteiger partial charge in [0.25, 0.3) is 0 Å². The van der Waals surface area contributed by atoms with E-state index in [-0.39, 0.29) is 11.9 Å². The van der Waals surface area contributed by atoms with Crippen LogP contribution in [0.3, 0.4) is 0 Å². The van der Waals surface area contributed by atoms with Crippen molar-refractivity contribution in [2.75, 3.05) is 7.11 Å². The minimum Gasteiger partial charge on any atom is -0.497 e. The lowest BCUT2D eigenvalue weighted by molar-refractivity contribution is 0.240. The third-order valence-corrected chi connectivity index (χ3v) is 1.94. The highest BCUT2D eigenvalue weighted by Crippen LogP contribution is 2.25. The molecule has 5 nitrogen and oxygen atoms in total. The lowest BCUT2D eigenvalue weighted by atomic mass is 10.1. The van der Waals surface area contributed by atoms with Gasteiger partial charge in [-0.2, -0.15) is 0 Å². The Morgan fingerprint density at radius 2 is 2.12 bits per heavy atom. The average molecular weight is 224 g/mol. The summed E-state index contributed by atoms with van der Waals surface area (Å²) in [5.41, 5.74) is 6.08.